The van der Waals surface area contributed by atoms with Crippen LogP contribution in [0.25, 0.3) is 5.73 Å². The maximum Gasteiger partial charge on any atom is 4.00 e. The van der Waals surface area contributed by atoms with Crippen molar-refractivity contribution in [3.05, 3.63) is 125 Å². The van der Waals surface area contributed by atoms with Gasteiger partial charge in [-0.05, 0) is 5.56 Å². The van der Waals surface area contributed by atoms with E-state index in [2.05, 4.69) is 94.4 Å². The van der Waals surface area contributed by atoms with E-state index in [0.29, 0.717) is 11.5 Å². The Bertz CT molecular complexity index is 989. The van der Waals surface area contributed by atoms with Crippen molar-refractivity contribution in [1.29, 1.82) is 0 Å². The Morgan fingerprint density at radius 3 is 1.38 bits per heavy atom. The van der Waals surface area contributed by atoms with Crippen LogP contribution in [-0.4, -0.2) is 15.4 Å². The summed E-state index contributed by atoms with van der Waals surface area (Å²) in [6.07, 6.45) is 3.36. The summed E-state index contributed by atoms with van der Waals surface area (Å²) in [5, 5.41) is 2.90. The largest absolute Gasteiger partial charge is 4.00 e. The molecule has 1 amide bonds. The van der Waals surface area contributed by atoms with Gasteiger partial charge in [0.05, 0.1) is 5.91 Å². The standard InChI is InChI=1S/C12H11Si.C9H13.C7H7NO.2ClH.Zr/c1-3-7-11(8-4-1)13-12-9-5-2-6-10-12;1-6-5-7(2)9(4)8(6)3;8-7(9)6-4-2-1-3-5-6;;;/h1-10,13H;6H,1-4H3;1-5H,(H2,8,9);2*1H;/q;-1;;;;+4/p-3. The van der Waals surface area contributed by atoms with Crippen molar-refractivity contribution in [2.24, 2.45) is 5.92 Å². The van der Waals surface area contributed by atoms with Gasteiger partial charge in [-0.1, -0.05) is 128 Å². The molecule has 0 fully saturated rings. The van der Waals surface area contributed by atoms with Crippen molar-refractivity contribution < 1.29 is 55.8 Å². The average molecular weight is 587 g/mol. The molecule has 1 atom stereocenters. The molecule has 1 unspecified atom stereocenters. The minimum Gasteiger partial charge on any atom is -1.00 e. The number of hydrogen-bond donors (Lipinski definition) is 0. The average Bonchev–Trinajstić information content (AvgIpc) is 3.02. The van der Waals surface area contributed by atoms with E-state index in [1.807, 2.05) is 6.07 Å². The summed E-state index contributed by atoms with van der Waals surface area (Å²) < 4.78 is 0. The molecule has 2 nitrogen and oxygen atoms in total. The Morgan fingerprint density at radius 1 is 0.765 bits per heavy atom. The predicted octanol–water partition coefficient (Wildman–Crippen LogP) is -0.320. The van der Waals surface area contributed by atoms with Crippen LogP contribution in [-0.2, 0) is 26.2 Å². The zero-order valence-electron chi connectivity index (χ0n) is 20.0. The molecule has 0 saturated heterocycles. The van der Waals surface area contributed by atoms with E-state index in [9.17, 15) is 4.79 Å². The van der Waals surface area contributed by atoms with Gasteiger partial charge in [0.1, 0.15) is 9.52 Å². The van der Waals surface area contributed by atoms with Crippen LogP contribution < -0.4 is 35.2 Å². The first-order valence-electron chi connectivity index (χ1n) is 10.4. The summed E-state index contributed by atoms with van der Waals surface area (Å²) in [6.45, 7) is 8.67. The molecule has 0 spiro atoms. The minimum absolute atomic E-state index is 0. The summed E-state index contributed by atoms with van der Waals surface area (Å²) in [7, 11) is 0.271. The van der Waals surface area contributed by atoms with Gasteiger partial charge in [-0.2, -0.15) is 11.1 Å². The third-order valence-corrected chi connectivity index (χ3v) is 6.64. The Balaban J connectivity index is 0. The molecular formula is C28H30Cl2NOSiZr. The van der Waals surface area contributed by atoms with E-state index in [0.717, 1.165) is 0 Å². The van der Waals surface area contributed by atoms with Crippen LogP contribution in [0.15, 0.2) is 108 Å². The molecule has 1 aliphatic carbocycles. The molecular weight excluding hydrogens is 557 g/mol. The number of allylic oxidation sites excluding steroid dienone is 4. The first-order valence-corrected chi connectivity index (χ1v) is 11.6. The molecule has 34 heavy (non-hydrogen) atoms. The molecule has 6 heteroatoms. The molecule has 1 N–H and O–H groups in total. The SMILES string of the molecule is CC1=[C-]C(C)C(C)=C1C.[Cl-].[Cl-].[NH-]C(=O)c1ccccc1.[Zr+4].c1ccc([SiH]c2ccccc2)cc1. The van der Waals surface area contributed by atoms with E-state index < -0.39 is 5.91 Å². The quantitative estimate of drug-likeness (QED) is 0.307. The number of benzene rings is 3. The Morgan fingerprint density at radius 2 is 1.15 bits per heavy atom. The Kier molecular flexibility index (Phi) is 18.8. The van der Waals surface area contributed by atoms with E-state index in [1.54, 1.807) is 24.3 Å². The second-order valence-corrected chi connectivity index (χ2v) is 9.08. The molecule has 0 saturated carbocycles. The maximum absolute atomic E-state index is 10.3. The molecule has 0 bridgehead atoms. The smallest absolute Gasteiger partial charge is 1.00 e. The van der Waals surface area contributed by atoms with Gasteiger partial charge in [0.2, 0.25) is 0 Å². The van der Waals surface area contributed by atoms with Crippen molar-refractivity contribution in [3.8, 4) is 0 Å². The van der Waals surface area contributed by atoms with Gasteiger partial charge >= 0.3 is 26.2 Å². The topological polar surface area (TPSA) is 40.9 Å². The van der Waals surface area contributed by atoms with Gasteiger partial charge < -0.3 is 35.3 Å². The van der Waals surface area contributed by atoms with Gasteiger partial charge in [-0.3, -0.25) is 6.08 Å². The molecule has 3 aromatic rings. The van der Waals surface area contributed by atoms with Gasteiger partial charge in [0.15, 0.2) is 0 Å². The third kappa shape index (κ3) is 12.1. The predicted molar refractivity (Wildman–Crippen MR) is 134 cm³/mol. The maximum atomic E-state index is 10.3. The van der Waals surface area contributed by atoms with Crippen LogP contribution in [0, 0.1) is 12.0 Å². The fraction of sp³-hybridized carbons (Fsp3) is 0.179. The summed E-state index contributed by atoms with van der Waals surface area (Å²) in [4.78, 5) is 10.3. The number of rotatable bonds is 3. The van der Waals surface area contributed by atoms with Crippen LogP contribution in [0.4, 0.5) is 0 Å². The van der Waals surface area contributed by atoms with E-state index >= 15 is 0 Å². The van der Waals surface area contributed by atoms with E-state index in [-0.39, 0.29) is 60.5 Å². The number of carbonyl (C=O) groups excluding carboxylic acids is 1. The van der Waals surface area contributed by atoms with Crippen LogP contribution >= 0.6 is 0 Å². The molecule has 1 aliphatic rings. The number of amides is 1. The summed E-state index contributed by atoms with van der Waals surface area (Å²) in [5.74, 6) is -0.0689. The molecule has 4 rings (SSSR count). The Hall–Kier alpha value is -1.71. The van der Waals surface area contributed by atoms with Crippen molar-refractivity contribution in [2.45, 2.75) is 27.7 Å². The monoisotopic (exact) mass is 584 g/mol. The van der Waals surface area contributed by atoms with Crippen LogP contribution in [0.5, 0.6) is 0 Å². The van der Waals surface area contributed by atoms with Gasteiger partial charge in [0, 0.05) is 0 Å². The fourth-order valence-electron chi connectivity index (χ4n) is 3.04. The van der Waals surface area contributed by atoms with Crippen molar-refractivity contribution in [2.75, 3.05) is 0 Å². The Labute approximate surface area is 238 Å². The van der Waals surface area contributed by atoms with Crippen LogP contribution in [0.2, 0.25) is 0 Å². The number of halogens is 2. The molecule has 1 radical (unpaired) electrons. The zero-order valence-corrected chi connectivity index (χ0v) is 25.1. The third-order valence-electron chi connectivity index (χ3n) is 5.20. The van der Waals surface area contributed by atoms with Crippen molar-refractivity contribution in [1.82, 2.24) is 0 Å². The molecule has 3 aromatic carbocycles. The summed E-state index contributed by atoms with van der Waals surface area (Å²) in [5.41, 5.74) is 11.4. The zero-order chi connectivity index (χ0) is 22.6. The summed E-state index contributed by atoms with van der Waals surface area (Å²) in [6, 6.07) is 29.9. The van der Waals surface area contributed by atoms with Crippen molar-refractivity contribution in [3.63, 3.8) is 0 Å². The van der Waals surface area contributed by atoms with E-state index in [1.165, 1.54) is 27.1 Å². The second-order valence-electron chi connectivity index (χ2n) is 7.46. The fourth-order valence-corrected chi connectivity index (χ4v) is 4.26. The molecule has 0 aromatic heterocycles. The number of carbonyl (C=O) groups is 1. The van der Waals surface area contributed by atoms with E-state index in [4.69, 9.17) is 5.73 Å². The number of hydrogen-bond acceptors (Lipinski definition) is 1. The second kappa shape index (κ2) is 18.6. The van der Waals surface area contributed by atoms with Crippen molar-refractivity contribution >= 4 is 25.8 Å². The first-order chi connectivity index (χ1) is 14.9. The minimum atomic E-state index is -0.629. The molecule has 0 aliphatic heterocycles. The van der Waals surface area contributed by atoms with Gasteiger partial charge in [-0.15, -0.1) is 6.92 Å². The van der Waals surface area contributed by atoms with Crippen LogP contribution in [0.1, 0.15) is 38.1 Å². The normalized spacial score (nSPS) is 13.3. The summed E-state index contributed by atoms with van der Waals surface area (Å²) >= 11 is 0. The molecule has 175 valence electrons. The van der Waals surface area contributed by atoms with Gasteiger partial charge in [0.25, 0.3) is 0 Å². The number of nitrogens with one attached hydrogen (secondary N) is 1. The first kappa shape index (κ1) is 34.5. The molecule has 0 heterocycles. The van der Waals surface area contributed by atoms with Crippen LogP contribution in [0.3, 0.4) is 0 Å². The van der Waals surface area contributed by atoms with Gasteiger partial charge in [-0.25, -0.2) is 5.57 Å².